The molecule has 0 unspecified atom stereocenters. The lowest BCUT2D eigenvalue weighted by Crippen LogP contribution is -2.33. The highest BCUT2D eigenvalue weighted by Gasteiger charge is 2.31. The van der Waals surface area contributed by atoms with E-state index in [9.17, 15) is 14.7 Å². The van der Waals surface area contributed by atoms with Crippen molar-refractivity contribution in [2.75, 3.05) is 11.4 Å². The van der Waals surface area contributed by atoms with E-state index in [1.165, 1.54) is 4.90 Å². The van der Waals surface area contributed by atoms with Gasteiger partial charge in [-0.25, -0.2) is 0 Å². The summed E-state index contributed by atoms with van der Waals surface area (Å²) in [6.07, 6.45) is 0.0915. The van der Waals surface area contributed by atoms with Crippen LogP contribution >= 0.6 is 0 Å². The van der Waals surface area contributed by atoms with E-state index in [4.69, 9.17) is 4.74 Å². The van der Waals surface area contributed by atoms with Gasteiger partial charge in [-0.1, -0.05) is 0 Å². The first-order valence-corrected chi connectivity index (χ1v) is 6.25. The van der Waals surface area contributed by atoms with Crippen molar-refractivity contribution in [2.45, 2.75) is 26.4 Å². The number of benzene rings is 1. The standard InChI is InChI=1S/C14H17NO4/c1-9(2)19-12-5-3-11(4-6-12)15-8-10(14(17)18)7-13(15)16/h3-6,9-10H,7-8H2,1-2H3,(H,17,18)/p-1/t10-/m0/s1. The molecular formula is C14H16NO4-. The van der Waals surface area contributed by atoms with Gasteiger partial charge in [-0.2, -0.15) is 0 Å². The number of carboxylic acids is 1. The summed E-state index contributed by atoms with van der Waals surface area (Å²) in [6.45, 7) is 4.04. The molecule has 0 radical (unpaired) electrons. The number of nitrogens with zero attached hydrogens (tertiary/aromatic N) is 1. The summed E-state index contributed by atoms with van der Waals surface area (Å²) < 4.78 is 5.51. The minimum atomic E-state index is -1.17. The second-order valence-corrected chi connectivity index (χ2v) is 4.88. The van der Waals surface area contributed by atoms with Crippen LogP contribution in [0.1, 0.15) is 20.3 Å². The smallest absolute Gasteiger partial charge is 0.227 e. The monoisotopic (exact) mass is 262 g/mol. The van der Waals surface area contributed by atoms with Gasteiger partial charge in [-0.05, 0) is 38.1 Å². The summed E-state index contributed by atoms with van der Waals surface area (Å²) in [5, 5.41) is 10.8. The predicted octanol–water partition coefficient (Wildman–Crippen LogP) is 0.577. The number of rotatable bonds is 4. The molecule has 0 spiro atoms. The zero-order valence-electron chi connectivity index (χ0n) is 11.0. The van der Waals surface area contributed by atoms with E-state index in [2.05, 4.69) is 0 Å². The molecule has 102 valence electrons. The van der Waals surface area contributed by atoms with Crippen LogP contribution in [0.4, 0.5) is 5.69 Å². The molecule has 0 aromatic heterocycles. The Morgan fingerprint density at radius 2 is 2.00 bits per heavy atom. The van der Waals surface area contributed by atoms with Gasteiger partial charge >= 0.3 is 0 Å². The third-order valence-electron chi connectivity index (χ3n) is 2.98. The van der Waals surface area contributed by atoms with E-state index in [-0.39, 0.29) is 25.0 Å². The molecule has 5 nitrogen and oxygen atoms in total. The third-order valence-corrected chi connectivity index (χ3v) is 2.98. The Hall–Kier alpha value is -2.04. The van der Waals surface area contributed by atoms with E-state index < -0.39 is 11.9 Å². The van der Waals surface area contributed by atoms with Crippen LogP contribution in [0.3, 0.4) is 0 Å². The molecule has 1 aromatic rings. The molecule has 2 rings (SSSR count). The van der Waals surface area contributed by atoms with Crippen LogP contribution in [0.5, 0.6) is 5.75 Å². The SMILES string of the molecule is CC(C)Oc1ccc(N2C[C@@H](C(=O)[O-])CC2=O)cc1. The molecule has 0 aliphatic carbocycles. The Balaban J connectivity index is 2.10. The minimum absolute atomic E-state index is 0.00653. The lowest BCUT2D eigenvalue weighted by Gasteiger charge is -2.18. The largest absolute Gasteiger partial charge is 0.550 e. The molecule has 0 N–H and O–H groups in total. The van der Waals surface area contributed by atoms with E-state index >= 15 is 0 Å². The van der Waals surface area contributed by atoms with Crippen LogP contribution in [-0.2, 0) is 9.59 Å². The van der Waals surface area contributed by atoms with E-state index in [1.54, 1.807) is 24.3 Å². The zero-order chi connectivity index (χ0) is 14.0. The van der Waals surface area contributed by atoms with Crippen molar-refractivity contribution in [1.82, 2.24) is 0 Å². The van der Waals surface area contributed by atoms with Crippen molar-refractivity contribution in [2.24, 2.45) is 5.92 Å². The maximum absolute atomic E-state index is 11.8. The number of anilines is 1. The van der Waals surface area contributed by atoms with Crippen molar-refractivity contribution in [3.8, 4) is 5.75 Å². The van der Waals surface area contributed by atoms with Gasteiger partial charge < -0.3 is 19.5 Å². The second-order valence-electron chi connectivity index (χ2n) is 4.88. The maximum atomic E-state index is 11.8. The minimum Gasteiger partial charge on any atom is -0.550 e. The van der Waals surface area contributed by atoms with E-state index in [0.717, 1.165) is 5.75 Å². The lowest BCUT2D eigenvalue weighted by atomic mass is 10.1. The van der Waals surface area contributed by atoms with Crippen molar-refractivity contribution in [1.29, 1.82) is 0 Å². The fourth-order valence-electron chi connectivity index (χ4n) is 2.09. The molecule has 5 heteroatoms. The van der Waals surface area contributed by atoms with Crippen molar-refractivity contribution in [3.63, 3.8) is 0 Å². The van der Waals surface area contributed by atoms with Crippen molar-refractivity contribution >= 4 is 17.6 Å². The summed E-state index contributed by atoms with van der Waals surface area (Å²) in [5.74, 6) is -1.36. The molecule has 1 aromatic carbocycles. The lowest BCUT2D eigenvalue weighted by molar-refractivity contribution is -0.310. The second kappa shape index (κ2) is 5.30. The summed E-state index contributed by atoms with van der Waals surface area (Å²) in [4.78, 5) is 24.0. The highest BCUT2D eigenvalue weighted by atomic mass is 16.5. The fraction of sp³-hybridized carbons (Fsp3) is 0.429. The highest BCUT2D eigenvalue weighted by molar-refractivity contribution is 5.98. The topological polar surface area (TPSA) is 69.7 Å². The highest BCUT2D eigenvalue weighted by Crippen LogP contribution is 2.26. The molecule has 0 bridgehead atoms. The summed E-state index contributed by atoms with van der Waals surface area (Å²) in [5.41, 5.74) is 0.685. The molecule has 1 heterocycles. The summed E-state index contributed by atoms with van der Waals surface area (Å²) in [7, 11) is 0. The predicted molar refractivity (Wildman–Crippen MR) is 67.7 cm³/mol. The first kappa shape index (κ1) is 13.4. The average molecular weight is 262 g/mol. The Labute approximate surface area is 111 Å². The third kappa shape index (κ3) is 3.05. The number of hydrogen-bond acceptors (Lipinski definition) is 4. The van der Waals surface area contributed by atoms with Gasteiger partial charge in [0.05, 0.1) is 6.10 Å². The quantitative estimate of drug-likeness (QED) is 0.795. The molecule has 0 saturated carbocycles. The van der Waals surface area contributed by atoms with Crippen molar-refractivity contribution < 1.29 is 19.4 Å². The molecular weight excluding hydrogens is 246 g/mol. The van der Waals surface area contributed by atoms with Gasteiger partial charge in [0.2, 0.25) is 5.91 Å². The van der Waals surface area contributed by atoms with E-state index in [0.29, 0.717) is 5.69 Å². The first-order chi connectivity index (χ1) is 8.97. The summed E-state index contributed by atoms with van der Waals surface area (Å²) >= 11 is 0. The number of hydrogen-bond donors (Lipinski definition) is 0. The Kier molecular flexibility index (Phi) is 3.74. The maximum Gasteiger partial charge on any atom is 0.227 e. The van der Waals surface area contributed by atoms with Gasteiger partial charge in [0, 0.05) is 30.5 Å². The molecule has 1 amide bonds. The van der Waals surface area contributed by atoms with Gasteiger partial charge in [0.1, 0.15) is 5.75 Å². The first-order valence-electron chi connectivity index (χ1n) is 6.25. The average Bonchev–Trinajstić information content (AvgIpc) is 2.72. The van der Waals surface area contributed by atoms with Gasteiger partial charge in [0.25, 0.3) is 0 Å². The Morgan fingerprint density at radius 3 is 2.47 bits per heavy atom. The van der Waals surface area contributed by atoms with Crippen LogP contribution in [0.15, 0.2) is 24.3 Å². The van der Waals surface area contributed by atoms with Gasteiger partial charge in [-0.15, -0.1) is 0 Å². The van der Waals surface area contributed by atoms with Crippen LogP contribution in [0.2, 0.25) is 0 Å². The molecule has 1 atom stereocenters. The van der Waals surface area contributed by atoms with Crippen LogP contribution in [0, 0.1) is 5.92 Å². The molecule has 1 aliphatic heterocycles. The molecule has 1 saturated heterocycles. The molecule has 19 heavy (non-hydrogen) atoms. The number of ether oxygens (including phenoxy) is 1. The zero-order valence-corrected chi connectivity index (χ0v) is 11.0. The Morgan fingerprint density at radius 1 is 1.37 bits per heavy atom. The van der Waals surface area contributed by atoms with E-state index in [1.807, 2.05) is 13.8 Å². The molecule has 1 fully saturated rings. The number of amides is 1. The number of carboxylic acid groups (broad SMARTS) is 1. The van der Waals surface area contributed by atoms with Crippen molar-refractivity contribution in [3.05, 3.63) is 24.3 Å². The van der Waals surface area contributed by atoms with Gasteiger partial charge in [0.15, 0.2) is 0 Å². The normalized spacial score (nSPS) is 19.0. The fourth-order valence-corrected chi connectivity index (χ4v) is 2.09. The Bertz CT molecular complexity index is 481. The number of aliphatic carboxylic acids is 1. The number of carbonyl (C=O) groups excluding carboxylic acids is 2. The number of carbonyl (C=O) groups is 2. The van der Waals surface area contributed by atoms with Gasteiger partial charge in [-0.3, -0.25) is 4.79 Å². The molecule has 1 aliphatic rings. The van der Waals surface area contributed by atoms with Crippen LogP contribution in [0.25, 0.3) is 0 Å². The van der Waals surface area contributed by atoms with Crippen LogP contribution in [-0.4, -0.2) is 24.5 Å². The summed E-state index contributed by atoms with van der Waals surface area (Å²) in [6, 6.07) is 7.06. The van der Waals surface area contributed by atoms with Crippen LogP contribution < -0.4 is 14.7 Å².